The number of halogens is 1. The molecule has 35 heavy (non-hydrogen) atoms. The number of phenolic OH excluding ortho intramolecular Hbond substituents is 1. The maximum absolute atomic E-state index is 13.6. The molecule has 3 aromatic rings. The van der Waals surface area contributed by atoms with Crippen molar-refractivity contribution in [1.29, 1.82) is 0 Å². The Kier molecular flexibility index (Phi) is 6.69. The van der Waals surface area contributed by atoms with Gasteiger partial charge in [-0.05, 0) is 49.2 Å². The highest BCUT2D eigenvalue weighted by molar-refractivity contribution is 6.31. The molecule has 1 fully saturated rings. The molecule has 0 aliphatic carbocycles. The Morgan fingerprint density at radius 1 is 1.11 bits per heavy atom. The molecule has 5 rings (SSSR count). The average molecular weight is 499 g/mol. The number of phenols is 1. The largest absolute Gasteiger partial charge is 0.504 e. The Labute approximate surface area is 207 Å². The van der Waals surface area contributed by atoms with Crippen molar-refractivity contribution >= 4 is 28.5 Å². The topological polar surface area (TPSA) is 92.5 Å². The summed E-state index contributed by atoms with van der Waals surface area (Å²) in [4.78, 5) is 31.2. The van der Waals surface area contributed by atoms with E-state index in [0.717, 1.165) is 26.1 Å². The summed E-state index contributed by atoms with van der Waals surface area (Å²) in [6.07, 6.45) is 0.728. The number of fused-ring (bicyclic) bond motifs is 2. The molecular weight excluding hydrogens is 472 g/mol. The van der Waals surface area contributed by atoms with E-state index in [0.29, 0.717) is 53.7 Å². The van der Waals surface area contributed by atoms with E-state index >= 15 is 0 Å². The predicted molar refractivity (Wildman–Crippen MR) is 132 cm³/mol. The Morgan fingerprint density at radius 3 is 2.69 bits per heavy atom. The minimum Gasteiger partial charge on any atom is -0.504 e. The number of rotatable bonds is 7. The molecule has 0 bridgehead atoms. The quantitative estimate of drug-likeness (QED) is 0.529. The zero-order valence-corrected chi connectivity index (χ0v) is 20.2. The monoisotopic (exact) mass is 498 g/mol. The van der Waals surface area contributed by atoms with Gasteiger partial charge in [-0.15, -0.1) is 0 Å². The fourth-order valence-electron chi connectivity index (χ4n) is 4.83. The van der Waals surface area contributed by atoms with Gasteiger partial charge in [-0.25, -0.2) is 0 Å². The van der Waals surface area contributed by atoms with Crippen LogP contribution in [0, 0.1) is 0 Å². The molecule has 1 saturated heterocycles. The highest BCUT2D eigenvalue weighted by Crippen LogP contribution is 2.41. The first kappa shape index (κ1) is 23.7. The van der Waals surface area contributed by atoms with Crippen LogP contribution in [0.15, 0.2) is 45.6 Å². The number of benzene rings is 2. The second-order valence-corrected chi connectivity index (χ2v) is 9.12. The molecule has 1 atom stereocenters. The Bertz CT molecular complexity index is 1320. The first-order valence-corrected chi connectivity index (χ1v) is 12.2. The fraction of sp³-hybridized carbons (Fsp3) is 0.385. The number of amides is 1. The Hall–Kier alpha value is -3.07. The van der Waals surface area contributed by atoms with E-state index in [9.17, 15) is 14.7 Å². The smallest absolute Gasteiger partial charge is 0.290 e. The molecule has 2 aliphatic rings. The number of aromatic hydroxyl groups is 1. The SMILES string of the molecule is CCOc1cc([C@@H]2c3c(oc4ccc(Cl)cc4c3=O)C(=O)N2CCCN2CCOCC2)ccc1O. The van der Waals surface area contributed by atoms with E-state index in [4.69, 9.17) is 25.5 Å². The van der Waals surface area contributed by atoms with Gasteiger partial charge < -0.3 is 23.9 Å². The molecule has 1 aromatic heterocycles. The molecule has 0 unspecified atom stereocenters. The molecule has 1 N–H and O–H groups in total. The fourth-order valence-corrected chi connectivity index (χ4v) is 5.00. The number of carbonyl (C=O) groups is 1. The highest BCUT2D eigenvalue weighted by Gasteiger charge is 2.42. The molecule has 1 amide bonds. The van der Waals surface area contributed by atoms with Crippen LogP contribution in [0.25, 0.3) is 11.0 Å². The van der Waals surface area contributed by atoms with Crippen LogP contribution >= 0.6 is 11.6 Å². The zero-order chi connectivity index (χ0) is 24.5. The minimum absolute atomic E-state index is 0.00339. The molecule has 0 spiro atoms. The van der Waals surface area contributed by atoms with Crippen molar-refractivity contribution < 1.29 is 23.8 Å². The van der Waals surface area contributed by atoms with Gasteiger partial charge >= 0.3 is 0 Å². The van der Waals surface area contributed by atoms with Gasteiger partial charge in [0.25, 0.3) is 5.91 Å². The minimum atomic E-state index is -0.665. The first-order valence-electron chi connectivity index (χ1n) is 11.8. The van der Waals surface area contributed by atoms with Crippen LogP contribution in [-0.4, -0.2) is 66.8 Å². The van der Waals surface area contributed by atoms with Gasteiger partial charge in [0.1, 0.15) is 5.58 Å². The van der Waals surface area contributed by atoms with E-state index in [2.05, 4.69) is 4.90 Å². The number of morpholine rings is 1. The normalized spacial score (nSPS) is 18.3. The van der Waals surface area contributed by atoms with E-state index in [1.165, 1.54) is 6.07 Å². The Balaban J connectivity index is 1.56. The summed E-state index contributed by atoms with van der Waals surface area (Å²) in [5.74, 6) is 0.0166. The van der Waals surface area contributed by atoms with Gasteiger partial charge in [-0.3, -0.25) is 14.5 Å². The zero-order valence-electron chi connectivity index (χ0n) is 19.5. The van der Waals surface area contributed by atoms with Gasteiger partial charge in [0, 0.05) is 31.2 Å². The second-order valence-electron chi connectivity index (χ2n) is 8.68. The number of hydrogen-bond donors (Lipinski definition) is 1. The van der Waals surface area contributed by atoms with E-state index < -0.39 is 6.04 Å². The third kappa shape index (κ3) is 4.49. The van der Waals surface area contributed by atoms with Crippen molar-refractivity contribution in [2.75, 3.05) is 46.0 Å². The van der Waals surface area contributed by atoms with Crippen LogP contribution < -0.4 is 10.2 Å². The van der Waals surface area contributed by atoms with E-state index in [1.54, 1.807) is 35.2 Å². The average Bonchev–Trinajstić information content (AvgIpc) is 3.14. The van der Waals surface area contributed by atoms with Gasteiger partial charge in [0.05, 0.1) is 36.8 Å². The third-order valence-corrected chi connectivity index (χ3v) is 6.74. The summed E-state index contributed by atoms with van der Waals surface area (Å²) < 4.78 is 17.0. The van der Waals surface area contributed by atoms with Gasteiger partial charge in [-0.2, -0.15) is 0 Å². The molecule has 9 heteroatoms. The summed E-state index contributed by atoms with van der Waals surface area (Å²) in [6, 6.07) is 9.05. The van der Waals surface area contributed by atoms with Crippen molar-refractivity contribution in [1.82, 2.24) is 9.80 Å². The van der Waals surface area contributed by atoms with Crippen molar-refractivity contribution in [3.8, 4) is 11.5 Å². The molecule has 0 saturated carbocycles. The lowest BCUT2D eigenvalue weighted by Gasteiger charge is -2.29. The summed E-state index contributed by atoms with van der Waals surface area (Å²) in [5.41, 5.74) is 0.979. The molecule has 2 aromatic carbocycles. The van der Waals surface area contributed by atoms with Crippen LogP contribution in [0.2, 0.25) is 5.02 Å². The van der Waals surface area contributed by atoms with Crippen LogP contribution in [0.3, 0.4) is 0 Å². The van der Waals surface area contributed by atoms with Gasteiger partial charge in [0.2, 0.25) is 5.76 Å². The summed E-state index contributed by atoms with van der Waals surface area (Å²) in [5, 5.41) is 11.0. The standard InChI is InChI=1S/C26H27ClN2O6/c1-2-34-21-14-16(4-6-19(21)30)23-22-24(31)18-15-17(27)5-7-20(18)35-25(22)26(32)29(23)9-3-8-28-10-12-33-13-11-28/h4-7,14-15,23,30H,2-3,8-13H2,1H3/t23-/m1/s1. The van der Waals surface area contributed by atoms with E-state index in [-0.39, 0.29) is 28.4 Å². The van der Waals surface area contributed by atoms with Crippen LogP contribution in [-0.2, 0) is 4.74 Å². The van der Waals surface area contributed by atoms with Crippen LogP contribution in [0.1, 0.15) is 41.1 Å². The lowest BCUT2D eigenvalue weighted by molar-refractivity contribution is 0.0353. The van der Waals surface area contributed by atoms with Crippen molar-refractivity contribution in [3.63, 3.8) is 0 Å². The molecule has 0 radical (unpaired) electrons. The molecule has 2 aliphatic heterocycles. The predicted octanol–water partition coefficient (Wildman–Crippen LogP) is 3.82. The summed E-state index contributed by atoms with van der Waals surface area (Å²) in [7, 11) is 0. The lowest BCUT2D eigenvalue weighted by atomic mass is 9.98. The third-order valence-electron chi connectivity index (χ3n) is 6.50. The molecule has 8 nitrogen and oxygen atoms in total. The lowest BCUT2D eigenvalue weighted by Crippen LogP contribution is -2.38. The van der Waals surface area contributed by atoms with Crippen molar-refractivity contribution in [2.45, 2.75) is 19.4 Å². The first-order chi connectivity index (χ1) is 17.0. The molecule has 3 heterocycles. The Morgan fingerprint density at radius 2 is 1.91 bits per heavy atom. The van der Waals surface area contributed by atoms with Crippen LogP contribution in [0.5, 0.6) is 11.5 Å². The second kappa shape index (κ2) is 9.89. The number of carbonyl (C=O) groups excluding carboxylic acids is 1. The number of ether oxygens (including phenoxy) is 2. The molecule has 184 valence electrons. The highest BCUT2D eigenvalue weighted by atomic mass is 35.5. The summed E-state index contributed by atoms with van der Waals surface area (Å²) in [6.45, 7) is 6.57. The van der Waals surface area contributed by atoms with Gasteiger partial charge in [0.15, 0.2) is 16.9 Å². The van der Waals surface area contributed by atoms with Crippen LogP contribution in [0.4, 0.5) is 0 Å². The number of hydrogen-bond acceptors (Lipinski definition) is 7. The van der Waals surface area contributed by atoms with Crippen molar-refractivity contribution in [2.24, 2.45) is 0 Å². The maximum Gasteiger partial charge on any atom is 0.290 e. The van der Waals surface area contributed by atoms with Crippen molar-refractivity contribution in [3.05, 3.63) is 68.5 Å². The summed E-state index contributed by atoms with van der Waals surface area (Å²) >= 11 is 6.15. The maximum atomic E-state index is 13.6. The van der Waals surface area contributed by atoms with E-state index in [1.807, 2.05) is 6.92 Å². The van der Waals surface area contributed by atoms with Gasteiger partial charge in [-0.1, -0.05) is 17.7 Å². The number of nitrogens with zero attached hydrogens (tertiary/aromatic N) is 2. The molecular formula is C26H27ClN2O6.